The van der Waals surface area contributed by atoms with Crippen molar-refractivity contribution < 1.29 is 0 Å². The van der Waals surface area contributed by atoms with E-state index in [4.69, 9.17) is 0 Å². The predicted molar refractivity (Wildman–Crippen MR) is 248 cm³/mol. The van der Waals surface area contributed by atoms with Gasteiger partial charge < -0.3 is 14.4 Å². The van der Waals surface area contributed by atoms with E-state index >= 15 is 0 Å². The van der Waals surface area contributed by atoms with E-state index in [1.54, 1.807) is 0 Å². The smallest absolute Gasteiger partial charge is 0.0553 e. The SMILES string of the molecule is C(#Cc1ccc2c3ccc(-c4ccc(N(c5ccccc5)c5ccccc5)cc4)cc3n(-c3ccccc3)c2c1)c1ccc(N(c2ccccc2)c2ccccc2)cc1. The highest BCUT2D eigenvalue weighted by molar-refractivity contribution is 6.10. The standard InChI is InChI=1S/C56H39N3/c1-6-16-46(17-7-1)57(47-18-8-2-9-19-47)51-34-28-42(29-35-51)26-27-43-30-38-53-54-39-33-45(41-56(54)59(55(53)40-43)50-24-14-5-15-25-50)44-31-36-52(37-32-44)58(48-20-10-3-11-21-48)49-22-12-4-13-23-49/h1-25,28-41H. The average molecular weight is 754 g/mol. The van der Waals surface area contributed by atoms with Crippen LogP contribution in [0.3, 0.4) is 0 Å². The van der Waals surface area contributed by atoms with Gasteiger partial charge in [-0.2, -0.15) is 0 Å². The number of benzene rings is 9. The summed E-state index contributed by atoms with van der Waals surface area (Å²) >= 11 is 0. The molecule has 0 aliphatic rings. The molecule has 0 radical (unpaired) electrons. The van der Waals surface area contributed by atoms with E-state index in [0.717, 1.165) is 73.1 Å². The van der Waals surface area contributed by atoms with Crippen molar-refractivity contribution in [2.24, 2.45) is 0 Å². The highest BCUT2D eigenvalue weighted by atomic mass is 15.1. The lowest BCUT2D eigenvalue weighted by atomic mass is 10.0. The zero-order chi connectivity index (χ0) is 39.4. The van der Waals surface area contributed by atoms with E-state index in [9.17, 15) is 0 Å². The molecule has 0 fully saturated rings. The third kappa shape index (κ3) is 7.12. The van der Waals surface area contributed by atoms with E-state index < -0.39 is 0 Å². The Morgan fingerprint density at radius 3 is 1.14 bits per heavy atom. The Kier molecular flexibility index (Phi) is 9.48. The zero-order valence-electron chi connectivity index (χ0n) is 32.4. The summed E-state index contributed by atoms with van der Waals surface area (Å²) in [5, 5.41) is 2.41. The van der Waals surface area contributed by atoms with Gasteiger partial charge in [-0.15, -0.1) is 0 Å². The van der Waals surface area contributed by atoms with Crippen LogP contribution < -0.4 is 9.80 Å². The summed E-state index contributed by atoms with van der Waals surface area (Å²) in [5.41, 5.74) is 14.3. The Labute approximate surface area is 345 Å². The second kappa shape index (κ2) is 15.8. The Morgan fingerprint density at radius 1 is 0.288 bits per heavy atom. The molecule has 0 unspecified atom stereocenters. The van der Waals surface area contributed by atoms with Crippen LogP contribution in [0, 0.1) is 11.8 Å². The number of fused-ring (bicyclic) bond motifs is 3. The fraction of sp³-hybridized carbons (Fsp3) is 0. The second-order valence-corrected chi connectivity index (χ2v) is 14.5. The largest absolute Gasteiger partial charge is 0.311 e. The Balaban J connectivity index is 0.994. The third-order valence-corrected chi connectivity index (χ3v) is 10.8. The highest BCUT2D eigenvalue weighted by Crippen LogP contribution is 2.39. The first kappa shape index (κ1) is 35.4. The van der Waals surface area contributed by atoms with Crippen molar-refractivity contribution in [3.63, 3.8) is 0 Å². The van der Waals surface area contributed by atoms with Crippen molar-refractivity contribution in [1.82, 2.24) is 4.57 Å². The molecule has 10 aromatic rings. The minimum atomic E-state index is 0.963. The van der Waals surface area contributed by atoms with Gasteiger partial charge in [-0.1, -0.05) is 133 Å². The van der Waals surface area contributed by atoms with Crippen LogP contribution in [0.15, 0.2) is 237 Å². The molecule has 0 amide bonds. The van der Waals surface area contributed by atoms with E-state index in [-0.39, 0.29) is 0 Å². The number of para-hydroxylation sites is 5. The molecule has 0 spiro atoms. The van der Waals surface area contributed by atoms with Gasteiger partial charge in [0.25, 0.3) is 0 Å². The molecule has 278 valence electrons. The number of anilines is 6. The van der Waals surface area contributed by atoms with Gasteiger partial charge in [-0.3, -0.25) is 0 Å². The molecular formula is C56H39N3. The molecule has 3 heteroatoms. The molecule has 9 aromatic carbocycles. The van der Waals surface area contributed by atoms with Gasteiger partial charge in [0.05, 0.1) is 11.0 Å². The fourth-order valence-corrected chi connectivity index (χ4v) is 7.97. The van der Waals surface area contributed by atoms with Crippen LogP contribution in [0.2, 0.25) is 0 Å². The van der Waals surface area contributed by atoms with Crippen molar-refractivity contribution in [3.05, 3.63) is 248 Å². The van der Waals surface area contributed by atoms with Gasteiger partial charge in [-0.25, -0.2) is 0 Å². The van der Waals surface area contributed by atoms with Gasteiger partial charge >= 0.3 is 0 Å². The average Bonchev–Trinajstić information content (AvgIpc) is 3.64. The van der Waals surface area contributed by atoms with E-state index in [1.165, 1.54) is 10.8 Å². The van der Waals surface area contributed by atoms with E-state index in [0.29, 0.717) is 0 Å². The lowest BCUT2D eigenvalue weighted by molar-refractivity contribution is 1.18. The van der Waals surface area contributed by atoms with E-state index in [2.05, 4.69) is 251 Å². The van der Waals surface area contributed by atoms with Crippen LogP contribution in [0.5, 0.6) is 0 Å². The molecule has 0 aliphatic carbocycles. The summed E-state index contributed by atoms with van der Waals surface area (Å²) in [6, 6.07) is 83.4. The molecule has 0 saturated carbocycles. The zero-order valence-corrected chi connectivity index (χ0v) is 32.4. The van der Waals surface area contributed by atoms with Crippen LogP contribution >= 0.6 is 0 Å². The molecule has 0 bridgehead atoms. The molecule has 3 nitrogen and oxygen atoms in total. The fourth-order valence-electron chi connectivity index (χ4n) is 7.97. The first-order valence-corrected chi connectivity index (χ1v) is 19.9. The molecule has 0 saturated heterocycles. The van der Waals surface area contributed by atoms with Gasteiger partial charge in [0.2, 0.25) is 0 Å². The van der Waals surface area contributed by atoms with E-state index in [1.807, 2.05) is 12.1 Å². The first-order chi connectivity index (χ1) is 29.3. The molecule has 59 heavy (non-hydrogen) atoms. The van der Waals surface area contributed by atoms with Crippen LogP contribution in [0.1, 0.15) is 11.1 Å². The predicted octanol–water partition coefficient (Wildman–Crippen LogP) is 14.8. The molecule has 0 aliphatic heterocycles. The van der Waals surface area contributed by atoms with Crippen LogP contribution in [-0.4, -0.2) is 4.57 Å². The highest BCUT2D eigenvalue weighted by Gasteiger charge is 2.16. The molecule has 1 heterocycles. The maximum absolute atomic E-state index is 3.48. The summed E-state index contributed by atoms with van der Waals surface area (Å²) < 4.78 is 2.37. The topological polar surface area (TPSA) is 11.4 Å². The molecule has 10 rings (SSSR count). The van der Waals surface area contributed by atoms with Crippen molar-refractivity contribution >= 4 is 55.9 Å². The maximum Gasteiger partial charge on any atom is 0.0553 e. The molecular weight excluding hydrogens is 715 g/mol. The maximum atomic E-state index is 3.48. The summed E-state index contributed by atoms with van der Waals surface area (Å²) in [6.07, 6.45) is 0. The third-order valence-electron chi connectivity index (χ3n) is 10.8. The molecule has 1 aromatic heterocycles. The minimum absolute atomic E-state index is 0.963. The van der Waals surface area contributed by atoms with Crippen molar-refractivity contribution in [1.29, 1.82) is 0 Å². The number of rotatable bonds is 8. The minimum Gasteiger partial charge on any atom is -0.311 e. The quantitative estimate of drug-likeness (QED) is 0.143. The van der Waals surface area contributed by atoms with Crippen molar-refractivity contribution in [2.45, 2.75) is 0 Å². The first-order valence-electron chi connectivity index (χ1n) is 19.9. The summed E-state index contributed by atoms with van der Waals surface area (Å²) in [7, 11) is 0. The molecule has 0 N–H and O–H groups in total. The number of hydrogen-bond donors (Lipinski definition) is 0. The van der Waals surface area contributed by atoms with Gasteiger partial charge in [0.15, 0.2) is 0 Å². The van der Waals surface area contributed by atoms with Gasteiger partial charge in [0.1, 0.15) is 0 Å². The van der Waals surface area contributed by atoms with Crippen molar-refractivity contribution in [3.8, 4) is 28.7 Å². The lowest BCUT2D eigenvalue weighted by Gasteiger charge is -2.25. The lowest BCUT2D eigenvalue weighted by Crippen LogP contribution is -2.09. The molecule has 0 atom stereocenters. The number of hydrogen-bond acceptors (Lipinski definition) is 2. The van der Waals surface area contributed by atoms with Gasteiger partial charge in [-0.05, 0) is 126 Å². The Morgan fingerprint density at radius 2 is 0.644 bits per heavy atom. The summed E-state index contributed by atoms with van der Waals surface area (Å²) in [6.45, 7) is 0. The number of nitrogens with zero attached hydrogens (tertiary/aromatic N) is 3. The second-order valence-electron chi connectivity index (χ2n) is 14.5. The summed E-state index contributed by atoms with van der Waals surface area (Å²) in [5.74, 6) is 6.93. The Bertz CT molecular complexity index is 2980. The van der Waals surface area contributed by atoms with Crippen LogP contribution in [-0.2, 0) is 0 Å². The summed E-state index contributed by atoms with van der Waals surface area (Å²) in [4.78, 5) is 4.56. The van der Waals surface area contributed by atoms with Crippen molar-refractivity contribution in [2.75, 3.05) is 9.80 Å². The Hall–Kier alpha value is -8.06. The monoisotopic (exact) mass is 753 g/mol. The number of aromatic nitrogens is 1. The van der Waals surface area contributed by atoms with Crippen LogP contribution in [0.4, 0.5) is 34.1 Å². The normalized spacial score (nSPS) is 10.9. The van der Waals surface area contributed by atoms with Crippen LogP contribution in [0.25, 0.3) is 38.6 Å². The van der Waals surface area contributed by atoms with Gasteiger partial charge in [0, 0.05) is 61.7 Å².